The quantitative estimate of drug-likeness (QED) is 0.123. The smallest absolute Gasteiger partial charge is 0.414 e. The second kappa shape index (κ2) is 17.0. The van der Waals surface area contributed by atoms with Crippen molar-refractivity contribution in [1.29, 1.82) is 0 Å². The Bertz CT molecular complexity index is 1490. The monoisotopic (exact) mass is 683 g/mol. The second-order valence-electron chi connectivity index (χ2n) is 13.9. The van der Waals surface area contributed by atoms with Gasteiger partial charge in [-0.25, -0.2) is 9.59 Å². The van der Waals surface area contributed by atoms with Crippen molar-refractivity contribution in [3.8, 4) is 16.9 Å². The van der Waals surface area contributed by atoms with Crippen LogP contribution in [0.25, 0.3) is 22.1 Å². The lowest BCUT2D eigenvalue weighted by Crippen LogP contribution is -2.48. The van der Waals surface area contributed by atoms with Crippen molar-refractivity contribution in [1.82, 2.24) is 20.4 Å². The second-order valence-corrected chi connectivity index (χ2v) is 14.3. The highest BCUT2D eigenvalue weighted by atomic mass is 35.5. The molecule has 2 amide bonds. The number of unbranched alkanes of at least 4 members (excludes halogenated alkanes) is 2. The lowest BCUT2D eigenvalue weighted by Gasteiger charge is -2.34. The number of guanidine groups is 1. The molecule has 0 radical (unpaired) electrons. The summed E-state index contributed by atoms with van der Waals surface area (Å²) < 4.78 is 22.5. The Morgan fingerprint density at radius 2 is 1.44 bits per heavy atom. The number of hydrogen-bond donors (Lipinski definition) is 2. The highest BCUT2D eigenvalue weighted by Gasteiger charge is 2.22. The van der Waals surface area contributed by atoms with Gasteiger partial charge < -0.3 is 23.5 Å². The van der Waals surface area contributed by atoms with Gasteiger partial charge in [-0.2, -0.15) is 0 Å². The van der Waals surface area contributed by atoms with Crippen molar-refractivity contribution in [2.24, 2.45) is 4.99 Å². The first-order chi connectivity index (χ1) is 22.7. The van der Waals surface area contributed by atoms with E-state index in [-0.39, 0.29) is 5.96 Å². The zero-order valence-corrected chi connectivity index (χ0v) is 29.8. The number of amides is 2. The molecule has 1 aliphatic heterocycles. The maximum Gasteiger partial charge on any atom is 0.414 e. The molecular weight excluding hydrogens is 634 g/mol. The molecule has 0 bridgehead atoms. The molecular formula is C36H50ClN5O6. The number of carbonyl (C=O) groups excluding carboxylic acids is 2. The molecule has 11 nitrogen and oxygen atoms in total. The fraction of sp³-hybridized carbons (Fsp3) is 0.528. The van der Waals surface area contributed by atoms with Crippen LogP contribution in [0, 0.1) is 0 Å². The van der Waals surface area contributed by atoms with Crippen LogP contribution in [-0.2, 0) is 9.47 Å². The molecule has 1 fully saturated rings. The molecule has 0 atom stereocenters. The van der Waals surface area contributed by atoms with Gasteiger partial charge in [-0.3, -0.25) is 20.5 Å². The first-order valence-corrected chi connectivity index (χ1v) is 17.0. The Balaban J connectivity index is 1.12. The molecule has 1 saturated heterocycles. The van der Waals surface area contributed by atoms with E-state index in [0.717, 1.165) is 79.8 Å². The third kappa shape index (κ3) is 12.7. The first kappa shape index (κ1) is 37.0. The van der Waals surface area contributed by atoms with Crippen molar-refractivity contribution < 1.29 is 28.2 Å². The van der Waals surface area contributed by atoms with Crippen LogP contribution < -0.4 is 15.4 Å². The minimum Gasteiger partial charge on any atom is -0.493 e. The predicted molar refractivity (Wildman–Crippen MR) is 190 cm³/mol. The molecule has 1 aromatic heterocycles. The normalized spacial score (nSPS) is 14.4. The van der Waals surface area contributed by atoms with Gasteiger partial charge in [0.15, 0.2) is 0 Å². The number of benzene rings is 2. The molecule has 3 aromatic rings. The maximum atomic E-state index is 12.3. The van der Waals surface area contributed by atoms with Crippen LogP contribution in [0.5, 0.6) is 5.75 Å². The number of hydrogen-bond acceptors (Lipinski definition) is 9. The zero-order valence-electron chi connectivity index (χ0n) is 29.1. The number of fused-ring (bicyclic) bond motifs is 1. The number of nitrogens with zero attached hydrogens (tertiary/aromatic N) is 3. The lowest BCUT2D eigenvalue weighted by atomic mass is 10.0. The standard InChI is InChI=1S/C36H50ClN5O6/c1-35(2,3)47-33(43)39-32(40-34(44)48-36(4,5)6)38-16-18-42-21-19-41(20-22-42)17-8-7-9-23-45-28-14-15-29-30(25-46-31(29)24-28)26-10-12-27(37)13-11-26/h10-15,24-25H,7-9,16-23H2,1-6H3,(H2,38,39,40,43,44). The summed E-state index contributed by atoms with van der Waals surface area (Å²) in [6, 6.07) is 13.7. The number of ether oxygens (including phenoxy) is 3. The Morgan fingerprint density at radius 1 is 0.833 bits per heavy atom. The third-order valence-electron chi connectivity index (χ3n) is 7.48. The van der Waals surface area contributed by atoms with Gasteiger partial charge in [0.05, 0.1) is 19.4 Å². The minimum absolute atomic E-state index is 0.00549. The summed E-state index contributed by atoms with van der Waals surface area (Å²) in [5, 5.41) is 6.82. The molecule has 12 heteroatoms. The van der Waals surface area contributed by atoms with Crippen LogP contribution in [0.2, 0.25) is 5.02 Å². The molecule has 0 aliphatic carbocycles. The number of aliphatic imine (C=N–C) groups is 1. The zero-order chi connectivity index (χ0) is 34.7. The number of halogens is 1. The van der Waals surface area contributed by atoms with E-state index in [1.807, 2.05) is 42.5 Å². The average Bonchev–Trinajstić information content (AvgIpc) is 3.41. The molecule has 2 aromatic carbocycles. The third-order valence-corrected chi connectivity index (χ3v) is 7.73. The Labute approximate surface area is 288 Å². The maximum absolute atomic E-state index is 12.3. The number of alkyl carbamates (subject to hydrolysis) is 2. The molecule has 0 saturated carbocycles. The molecule has 4 rings (SSSR count). The fourth-order valence-corrected chi connectivity index (χ4v) is 5.33. The van der Waals surface area contributed by atoms with E-state index in [9.17, 15) is 9.59 Å². The van der Waals surface area contributed by atoms with E-state index < -0.39 is 23.4 Å². The highest BCUT2D eigenvalue weighted by molar-refractivity contribution is 6.30. The van der Waals surface area contributed by atoms with Gasteiger partial charge in [-0.05, 0) is 97.2 Å². The highest BCUT2D eigenvalue weighted by Crippen LogP contribution is 2.33. The van der Waals surface area contributed by atoms with Crippen molar-refractivity contribution >= 4 is 40.7 Å². The van der Waals surface area contributed by atoms with Crippen LogP contribution in [0.4, 0.5) is 9.59 Å². The number of nitrogens with one attached hydrogen (secondary N) is 2. The SMILES string of the molecule is CC(C)(C)OC(=O)NC(=NCCN1CCN(CCCCCOc2ccc3c(-c4ccc(Cl)cc4)coc3c2)CC1)NC(=O)OC(C)(C)C. The van der Waals surface area contributed by atoms with E-state index in [4.69, 9.17) is 30.2 Å². The van der Waals surface area contributed by atoms with E-state index in [1.54, 1.807) is 47.8 Å². The predicted octanol–water partition coefficient (Wildman–Crippen LogP) is 7.33. The van der Waals surface area contributed by atoms with Crippen molar-refractivity contribution in [3.05, 3.63) is 53.8 Å². The molecule has 0 spiro atoms. The number of carbonyl (C=O) groups is 2. The molecule has 1 aliphatic rings. The molecule has 48 heavy (non-hydrogen) atoms. The van der Waals surface area contributed by atoms with Crippen LogP contribution in [-0.4, -0.2) is 91.6 Å². The first-order valence-electron chi connectivity index (χ1n) is 16.6. The van der Waals surface area contributed by atoms with Crippen molar-refractivity contribution in [3.63, 3.8) is 0 Å². The van der Waals surface area contributed by atoms with Gasteiger partial charge in [-0.1, -0.05) is 23.7 Å². The minimum atomic E-state index is -0.697. The van der Waals surface area contributed by atoms with Crippen LogP contribution in [0.15, 0.2) is 58.1 Å². The van der Waals surface area contributed by atoms with Gasteiger partial charge >= 0.3 is 12.2 Å². The summed E-state index contributed by atoms with van der Waals surface area (Å²) in [6.07, 6.45) is 3.58. The fourth-order valence-electron chi connectivity index (χ4n) is 5.21. The van der Waals surface area contributed by atoms with Gasteiger partial charge in [0.2, 0.25) is 5.96 Å². The van der Waals surface area contributed by atoms with Gasteiger partial charge in [-0.15, -0.1) is 0 Å². The van der Waals surface area contributed by atoms with E-state index in [0.29, 0.717) is 24.7 Å². The van der Waals surface area contributed by atoms with Gasteiger partial charge in [0, 0.05) is 54.8 Å². The number of furan rings is 1. The Kier molecular flexibility index (Phi) is 13.1. The number of rotatable bonds is 11. The summed E-state index contributed by atoms with van der Waals surface area (Å²) in [5.41, 5.74) is 1.54. The van der Waals surface area contributed by atoms with Crippen molar-refractivity contribution in [2.45, 2.75) is 72.0 Å². The topological polar surface area (TPSA) is 118 Å². The summed E-state index contributed by atoms with van der Waals surface area (Å²) in [4.78, 5) is 33.9. The van der Waals surface area contributed by atoms with Gasteiger partial charge in [0.25, 0.3) is 0 Å². The summed E-state index contributed by atoms with van der Waals surface area (Å²) in [5.74, 6) is 0.819. The van der Waals surface area contributed by atoms with E-state index in [2.05, 4.69) is 25.4 Å². The number of piperazine rings is 1. The Hall–Kier alpha value is -3.80. The van der Waals surface area contributed by atoms with Crippen molar-refractivity contribution in [2.75, 3.05) is 52.4 Å². The summed E-state index contributed by atoms with van der Waals surface area (Å²) in [6.45, 7) is 17.3. The average molecular weight is 684 g/mol. The molecule has 2 heterocycles. The van der Waals surface area contributed by atoms with Crippen LogP contribution in [0.1, 0.15) is 60.8 Å². The van der Waals surface area contributed by atoms with Crippen LogP contribution >= 0.6 is 11.6 Å². The molecule has 262 valence electrons. The molecule has 2 N–H and O–H groups in total. The molecule has 0 unspecified atom stereocenters. The summed E-state index contributed by atoms with van der Waals surface area (Å²) >= 11 is 6.03. The van der Waals surface area contributed by atoms with Crippen LogP contribution in [0.3, 0.4) is 0 Å². The largest absolute Gasteiger partial charge is 0.493 e. The lowest BCUT2D eigenvalue weighted by molar-refractivity contribution is 0.0545. The van der Waals surface area contributed by atoms with Gasteiger partial charge in [0.1, 0.15) is 22.5 Å². The summed E-state index contributed by atoms with van der Waals surface area (Å²) in [7, 11) is 0. The van der Waals surface area contributed by atoms with E-state index in [1.165, 1.54) is 0 Å². The van der Waals surface area contributed by atoms with E-state index >= 15 is 0 Å². The Morgan fingerprint density at radius 3 is 2.04 bits per heavy atom.